The number of aromatic carboxylic acids is 3. The van der Waals surface area contributed by atoms with E-state index in [1.165, 1.54) is 36.4 Å². The van der Waals surface area contributed by atoms with Crippen LogP contribution in [0, 0.1) is 5.92 Å². The molecule has 7 heteroatoms. The van der Waals surface area contributed by atoms with Crippen LogP contribution in [-0.2, 0) is 0 Å². The number of carboxylic acids is 3. The molecule has 0 aliphatic heterocycles. The van der Waals surface area contributed by atoms with E-state index < -0.39 is 17.9 Å². The fourth-order valence-corrected chi connectivity index (χ4v) is 4.11. The lowest BCUT2D eigenvalue weighted by Gasteiger charge is -2.21. The monoisotopic (exact) mass is 524 g/mol. The van der Waals surface area contributed by atoms with E-state index in [4.69, 9.17) is 4.74 Å². The van der Waals surface area contributed by atoms with Gasteiger partial charge in [-0.3, -0.25) is 0 Å². The van der Waals surface area contributed by atoms with Crippen LogP contribution in [0.4, 0.5) is 0 Å². The van der Waals surface area contributed by atoms with Crippen molar-refractivity contribution in [3.05, 3.63) is 102 Å². The van der Waals surface area contributed by atoms with Crippen molar-refractivity contribution in [1.82, 2.24) is 0 Å². The quantitative estimate of drug-likeness (QED) is 0.200. The highest BCUT2D eigenvalue weighted by atomic mass is 16.5. The third-order valence-corrected chi connectivity index (χ3v) is 6.65. The van der Waals surface area contributed by atoms with Gasteiger partial charge in [0.1, 0.15) is 5.75 Å². The van der Waals surface area contributed by atoms with Crippen LogP contribution in [0.25, 0.3) is 33.4 Å². The minimum Gasteiger partial charge on any atom is -0.492 e. The summed E-state index contributed by atoms with van der Waals surface area (Å²) in [6.07, 6.45) is 0.916. The Labute approximate surface area is 226 Å². The maximum Gasteiger partial charge on any atom is 0.335 e. The largest absolute Gasteiger partial charge is 0.492 e. The van der Waals surface area contributed by atoms with E-state index in [1.54, 1.807) is 36.4 Å². The predicted octanol–water partition coefficient (Wildman–Crippen LogP) is 7.21. The normalized spacial score (nSPS) is 11.5. The SMILES string of the molecule is CC[C@@H](C)COc1c(-c2ccc(C(=O)O)cc2)cc(-c2ccc(C(=O)O)cc2)cc1-c1ccc(C(=O)O)cc1. The molecule has 0 radical (unpaired) electrons. The van der Waals surface area contributed by atoms with Crippen LogP contribution in [0.2, 0.25) is 0 Å². The second-order valence-corrected chi connectivity index (χ2v) is 9.37. The summed E-state index contributed by atoms with van der Waals surface area (Å²) in [4.78, 5) is 34.3. The average molecular weight is 525 g/mol. The van der Waals surface area contributed by atoms with Gasteiger partial charge in [0.05, 0.1) is 23.3 Å². The topological polar surface area (TPSA) is 121 Å². The smallest absolute Gasteiger partial charge is 0.335 e. The number of carbonyl (C=O) groups is 3. The van der Waals surface area contributed by atoms with Crippen molar-refractivity contribution in [3.63, 3.8) is 0 Å². The fraction of sp³-hybridized carbons (Fsp3) is 0.156. The van der Waals surface area contributed by atoms with Crippen LogP contribution in [0.1, 0.15) is 51.3 Å². The Balaban J connectivity index is 1.96. The van der Waals surface area contributed by atoms with E-state index in [0.717, 1.165) is 39.8 Å². The summed E-state index contributed by atoms with van der Waals surface area (Å²) in [5, 5.41) is 28.1. The zero-order chi connectivity index (χ0) is 28.1. The number of hydrogen-bond acceptors (Lipinski definition) is 4. The summed E-state index contributed by atoms with van der Waals surface area (Å²) in [5.74, 6) is -2.21. The Morgan fingerprint density at radius 1 is 0.615 bits per heavy atom. The summed E-state index contributed by atoms with van der Waals surface area (Å²) < 4.78 is 6.42. The molecular formula is C32H28O7. The van der Waals surface area contributed by atoms with Gasteiger partial charge in [-0.2, -0.15) is 0 Å². The van der Waals surface area contributed by atoms with Gasteiger partial charge in [0.2, 0.25) is 0 Å². The summed E-state index contributed by atoms with van der Waals surface area (Å²) in [6.45, 7) is 4.61. The van der Waals surface area contributed by atoms with Gasteiger partial charge < -0.3 is 20.1 Å². The molecule has 0 aliphatic carbocycles. The van der Waals surface area contributed by atoms with Crippen molar-refractivity contribution in [1.29, 1.82) is 0 Å². The van der Waals surface area contributed by atoms with Gasteiger partial charge in [-0.25, -0.2) is 14.4 Å². The Bertz CT molecular complexity index is 1420. The minimum atomic E-state index is -1.03. The molecule has 0 fully saturated rings. The Morgan fingerprint density at radius 2 is 0.974 bits per heavy atom. The fourth-order valence-electron chi connectivity index (χ4n) is 4.11. The second kappa shape index (κ2) is 11.6. The van der Waals surface area contributed by atoms with Crippen LogP contribution < -0.4 is 4.74 Å². The van der Waals surface area contributed by atoms with Gasteiger partial charge in [-0.15, -0.1) is 0 Å². The molecule has 39 heavy (non-hydrogen) atoms. The standard InChI is InChI=1S/C32H28O7/c1-3-19(2)18-39-29-27(21-6-12-24(13-7-21)31(35)36)16-26(20-4-10-23(11-5-20)30(33)34)17-28(29)22-8-14-25(15-9-22)32(37)38/h4-17,19H,3,18H2,1-2H3,(H,33,34)(H,35,36)(H,37,38)/t19-/m1/s1. The molecule has 0 bridgehead atoms. The lowest BCUT2D eigenvalue weighted by molar-refractivity contribution is 0.0686. The molecule has 1 atom stereocenters. The molecule has 0 spiro atoms. The molecule has 3 N–H and O–H groups in total. The van der Waals surface area contributed by atoms with Crippen molar-refractivity contribution < 1.29 is 34.4 Å². The molecular weight excluding hydrogens is 496 g/mol. The number of rotatable bonds is 10. The number of benzene rings is 4. The first kappa shape index (κ1) is 27.1. The van der Waals surface area contributed by atoms with Crippen molar-refractivity contribution in [2.45, 2.75) is 20.3 Å². The van der Waals surface area contributed by atoms with Crippen molar-refractivity contribution in [3.8, 4) is 39.1 Å². The molecule has 4 rings (SSSR count). The molecule has 7 nitrogen and oxygen atoms in total. The maximum absolute atomic E-state index is 11.4. The van der Waals surface area contributed by atoms with Crippen molar-refractivity contribution >= 4 is 17.9 Å². The molecule has 4 aromatic carbocycles. The number of carboxylic acid groups (broad SMARTS) is 3. The summed E-state index contributed by atoms with van der Waals surface area (Å²) >= 11 is 0. The second-order valence-electron chi connectivity index (χ2n) is 9.37. The van der Waals surface area contributed by atoms with Crippen molar-refractivity contribution in [2.24, 2.45) is 5.92 Å². The Morgan fingerprint density at radius 3 is 1.31 bits per heavy atom. The predicted molar refractivity (Wildman–Crippen MR) is 149 cm³/mol. The van der Waals surface area contributed by atoms with E-state index in [0.29, 0.717) is 12.4 Å². The molecule has 0 saturated heterocycles. The zero-order valence-electron chi connectivity index (χ0n) is 21.5. The summed E-state index contributed by atoms with van der Waals surface area (Å²) in [5.41, 5.74) is 4.99. The van der Waals surface area contributed by atoms with E-state index in [2.05, 4.69) is 13.8 Å². The van der Waals surface area contributed by atoms with E-state index in [1.807, 2.05) is 12.1 Å². The molecule has 0 unspecified atom stereocenters. The molecule has 0 amide bonds. The highest BCUT2D eigenvalue weighted by molar-refractivity contribution is 5.93. The van der Waals surface area contributed by atoms with Crippen LogP contribution in [-0.4, -0.2) is 39.8 Å². The van der Waals surface area contributed by atoms with Gasteiger partial charge in [-0.05, 0) is 76.7 Å². The first-order valence-electron chi connectivity index (χ1n) is 12.5. The summed E-state index contributed by atoms with van der Waals surface area (Å²) in [7, 11) is 0. The van der Waals surface area contributed by atoms with Gasteiger partial charge in [0.25, 0.3) is 0 Å². The van der Waals surface area contributed by atoms with Crippen LogP contribution >= 0.6 is 0 Å². The maximum atomic E-state index is 11.4. The van der Waals surface area contributed by atoms with Crippen LogP contribution in [0.15, 0.2) is 84.9 Å². The first-order valence-corrected chi connectivity index (χ1v) is 12.5. The van der Waals surface area contributed by atoms with Gasteiger partial charge >= 0.3 is 17.9 Å². The highest BCUT2D eigenvalue weighted by Crippen LogP contribution is 2.43. The molecule has 0 aliphatic rings. The minimum absolute atomic E-state index is 0.158. The molecule has 0 saturated carbocycles. The number of ether oxygens (including phenoxy) is 1. The van der Waals surface area contributed by atoms with Gasteiger partial charge in [0.15, 0.2) is 0 Å². The zero-order valence-corrected chi connectivity index (χ0v) is 21.5. The molecule has 4 aromatic rings. The van der Waals surface area contributed by atoms with Crippen LogP contribution in [0.5, 0.6) is 5.75 Å². The third-order valence-electron chi connectivity index (χ3n) is 6.65. The molecule has 0 aromatic heterocycles. The first-order chi connectivity index (χ1) is 18.7. The van der Waals surface area contributed by atoms with Crippen molar-refractivity contribution in [2.75, 3.05) is 6.61 Å². The average Bonchev–Trinajstić information content (AvgIpc) is 2.95. The van der Waals surface area contributed by atoms with E-state index >= 15 is 0 Å². The van der Waals surface area contributed by atoms with Gasteiger partial charge in [-0.1, -0.05) is 56.7 Å². The third kappa shape index (κ3) is 6.15. The lowest BCUT2D eigenvalue weighted by atomic mass is 9.91. The van der Waals surface area contributed by atoms with Crippen LogP contribution in [0.3, 0.4) is 0 Å². The van der Waals surface area contributed by atoms with Gasteiger partial charge in [0, 0.05) is 11.1 Å². The Hall–Kier alpha value is -4.91. The lowest BCUT2D eigenvalue weighted by Crippen LogP contribution is -2.09. The molecule has 198 valence electrons. The van der Waals surface area contributed by atoms with E-state index in [-0.39, 0.29) is 22.6 Å². The molecule has 0 heterocycles. The number of hydrogen-bond donors (Lipinski definition) is 3. The summed E-state index contributed by atoms with van der Waals surface area (Å²) in [6, 6.07) is 23.4. The van der Waals surface area contributed by atoms with E-state index in [9.17, 15) is 29.7 Å². The highest BCUT2D eigenvalue weighted by Gasteiger charge is 2.19. The Kier molecular flexibility index (Phi) is 8.10.